The number of fused-ring (bicyclic) bond motifs is 5. The van der Waals surface area contributed by atoms with Crippen LogP contribution in [-0.4, -0.2) is 86.0 Å². The summed E-state index contributed by atoms with van der Waals surface area (Å²) in [6.45, 7) is 6.36. The van der Waals surface area contributed by atoms with Crippen LogP contribution in [0.2, 0.25) is 0 Å². The summed E-state index contributed by atoms with van der Waals surface area (Å²) in [7, 11) is 1.48. The van der Waals surface area contributed by atoms with E-state index in [1.54, 1.807) is 43.3 Å². The lowest BCUT2D eigenvalue weighted by molar-refractivity contribution is -0.142. The van der Waals surface area contributed by atoms with Crippen molar-refractivity contribution >= 4 is 35.2 Å². The summed E-state index contributed by atoms with van der Waals surface area (Å²) in [5, 5.41) is 14.6. The summed E-state index contributed by atoms with van der Waals surface area (Å²) in [6, 6.07) is 15.1. The number of ether oxygens (including phenoxy) is 2. The van der Waals surface area contributed by atoms with E-state index in [1.165, 1.54) is 31.2 Å². The van der Waals surface area contributed by atoms with Crippen molar-refractivity contribution in [3.8, 4) is 28.7 Å². The average molecular weight is 894 g/mol. The molecule has 4 rings (SSSR count). The Hall–Kier alpha value is -6.11. The van der Waals surface area contributed by atoms with E-state index in [0.29, 0.717) is 39.3 Å². The molecule has 0 unspecified atom stereocenters. The number of benzene rings is 3. The number of nitriles is 1. The molecular weight excluding hydrogens is 827 g/mol. The number of carbonyl (C=O) groups excluding carboxylic acids is 6. The highest BCUT2D eigenvalue weighted by Gasteiger charge is 2.36. The summed E-state index contributed by atoms with van der Waals surface area (Å²) in [6.07, 6.45) is 6.11. The number of nitrogens with two attached hydrogens (primary N) is 3. The van der Waals surface area contributed by atoms with Gasteiger partial charge in [0, 0.05) is 80.9 Å². The number of rotatable bonds is 23. The monoisotopic (exact) mass is 894 g/mol. The summed E-state index contributed by atoms with van der Waals surface area (Å²) in [5.74, 6) is -3.27. The van der Waals surface area contributed by atoms with Gasteiger partial charge in [-0.2, -0.15) is 5.26 Å². The number of ketones is 3. The summed E-state index contributed by atoms with van der Waals surface area (Å²) in [5.41, 5.74) is 21.6. The molecule has 1 aliphatic heterocycles. The fourth-order valence-electron chi connectivity index (χ4n) is 8.27. The van der Waals surface area contributed by atoms with E-state index in [9.17, 15) is 34.0 Å². The number of Topliss-reactive ketones (excluding diaryl/α,β-unsaturated/α-hetero) is 3. The number of amides is 4. The zero-order chi connectivity index (χ0) is 47.5. The van der Waals surface area contributed by atoms with Gasteiger partial charge in [0.1, 0.15) is 30.8 Å². The normalized spacial score (nSPS) is 16.6. The van der Waals surface area contributed by atoms with Gasteiger partial charge in [-0.1, -0.05) is 69.9 Å². The van der Waals surface area contributed by atoms with Crippen LogP contribution in [0.15, 0.2) is 54.6 Å². The Morgan fingerprint density at radius 3 is 2.25 bits per heavy atom. The number of hydrogen-bond acceptors (Lipinski definition) is 11. The molecule has 1 aliphatic rings. The van der Waals surface area contributed by atoms with Gasteiger partial charge in [0.05, 0.1) is 12.1 Å². The second kappa shape index (κ2) is 26.0. The van der Waals surface area contributed by atoms with Gasteiger partial charge >= 0.3 is 6.03 Å². The number of urea groups is 1. The van der Waals surface area contributed by atoms with Gasteiger partial charge in [0.25, 0.3) is 0 Å². The van der Waals surface area contributed by atoms with Crippen molar-refractivity contribution in [2.45, 2.75) is 110 Å². The molecule has 65 heavy (non-hydrogen) atoms. The Balaban J connectivity index is 1.82. The topological polar surface area (TPSA) is 250 Å². The Morgan fingerprint density at radius 1 is 0.923 bits per heavy atom. The van der Waals surface area contributed by atoms with E-state index in [-0.39, 0.29) is 82.9 Å². The minimum atomic E-state index is -1.27. The van der Waals surface area contributed by atoms with Crippen molar-refractivity contribution in [1.82, 2.24) is 15.5 Å². The number of hydrogen-bond donors (Lipinski definition) is 5. The first-order valence-corrected chi connectivity index (χ1v) is 22.8. The van der Waals surface area contributed by atoms with E-state index in [4.69, 9.17) is 26.7 Å². The molecule has 0 saturated carbocycles. The Labute approximate surface area is 383 Å². The molecule has 4 amide bonds. The number of likely N-dealkylation sites (N-methyl/N-ethyl adjacent to an activating group) is 1. The smallest absolute Gasteiger partial charge is 0.312 e. The van der Waals surface area contributed by atoms with Crippen LogP contribution in [0.25, 0.3) is 11.1 Å². The van der Waals surface area contributed by atoms with Crippen LogP contribution in [-0.2, 0) is 32.0 Å². The molecule has 0 aromatic heterocycles. The molecule has 0 aliphatic carbocycles. The largest absolute Gasteiger partial charge is 0.492 e. The van der Waals surface area contributed by atoms with Crippen LogP contribution in [0.5, 0.6) is 11.5 Å². The lowest BCUT2D eigenvalue weighted by atomic mass is 9.87. The van der Waals surface area contributed by atoms with Crippen molar-refractivity contribution in [2.24, 2.45) is 29.0 Å². The van der Waals surface area contributed by atoms with Gasteiger partial charge in [-0.15, -0.1) is 0 Å². The molecule has 0 spiro atoms. The lowest BCUT2D eigenvalue weighted by Gasteiger charge is -2.32. The molecule has 0 saturated heterocycles. The highest BCUT2D eigenvalue weighted by molar-refractivity contribution is 6.01. The molecular formula is C50H67N7O8. The van der Waals surface area contributed by atoms with Crippen LogP contribution in [0, 0.1) is 30.1 Å². The predicted octanol–water partition coefficient (Wildman–Crippen LogP) is 5.81. The molecule has 3 aromatic carbocycles. The van der Waals surface area contributed by atoms with Gasteiger partial charge < -0.3 is 42.2 Å². The van der Waals surface area contributed by atoms with E-state index >= 15 is 0 Å². The van der Waals surface area contributed by atoms with Crippen LogP contribution in [0.4, 0.5) is 4.79 Å². The third-order valence-electron chi connectivity index (χ3n) is 11.8. The molecule has 3 aromatic rings. The molecule has 15 heteroatoms. The Kier molecular flexibility index (Phi) is 20.6. The molecule has 8 N–H and O–H groups in total. The van der Waals surface area contributed by atoms with Crippen molar-refractivity contribution in [2.75, 3.05) is 39.9 Å². The number of nitrogens with one attached hydrogen (secondary N) is 2. The van der Waals surface area contributed by atoms with Crippen molar-refractivity contribution in [3.05, 3.63) is 82.4 Å². The third kappa shape index (κ3) is 15.0. The lowest BCUT2D eigenvalue weighted by Crippen LogP contribution is -2.46. The Bertz CT molecular complexity index is 2190. The van der Waals surface area contributed by atoms with Gasteiger partial charge in [0.2, 0.25) is 11.8 Å². The maximum atomic E-state index is 14.9. The SMILES string of the molecule is CCCCCCCc1ccc(C(=O)C[C@@H](CCNC(N)=O)C(=O)N(C)[C@@H]2C(=O)C[C@@H](C)C(=O)N[C@H](C(=O)CCC#N)Cc3ccc(OCCN)c(c3)-c3cc2ccc3OCCN)c(C)c1. The van der Waals surface area contributed by atoms with Gasteiger partial charge in [-0.25, -0.2) is 4.79 Å². The van der Waals surface area contributed by atoms with Crippen LogP contribution >= 0.6 is 0 Å². The first-order chi connectivity index (χ1) is 31.2. The third-order valence-corrected chi connectivity index (χ3v) is 11.8. The molecule has 4 atom stereocenters. The van der Waals surface area contributed by atoms with Crippen molar-refractivity contribution in [3.63, 3.8) is 0 Å². The first kappa shape index (κ1) is 51.5. The number of primary amides is 1. The standard InChI is InChI=1S/C50H67N7O8/c1-5-6-7-8-9-11-34-13-16-38(32(2)26-34)43(59)31-37(19-23-55-50(54)63)49(62)57(4)47-36-15-18-46(65-25-22-53)40(30-36)39-28-35(14-17-45(39)64-24-21-52)29-41(42(58)12-10-20-51)56-48(61)33(3)27-44(47)60/h13-18,26,28,30,33,37,41,47H,5-12,19,21-25,27,29,31,52-53H2,1-4H3,(H,56,61)(H3,54,55,63)/t33-,37-,41+,47+/m1/s1. The number of unbranched alkanes of at least 4 members (excludes halogenated alkanes) is 4. The zero-order valence-corrected chi connectivity index (χ0v) is 38.4. The highest BCUT2D eigenvalue weighted by atomic mass is 16.5. The molecule has 1 heterocycles. The Morgan fingerprint density at radius 2 is 1.60 bits per heavy atom. The molecule has 15 nitrogen and oxygen atoms in total. The molecule has 0 fully saturated rings. The highest BCUT2D eigenvalue weighted by Crippen LogP contribution is 2.41. The fraction of sp³-hybridized carbons (Fsp3) is 0.500. The number of aryl methyl sites for hydroxylation is 2. The van der Waals surface area contributed by atoms with Crippen LogP contribution < -0.4 is 37.3 Å². The van der Waals surface area contributed by atoms with Gasteiger partial charge in [0.15, 0.2) is 17.3 Å². The quantitative estimate of drug-likeness (QED) is 0.0562. The van der Waals surface area contributed by atoms with E-state index in [1.807, 2.05) is 31.2 Å². The van der Waals surface area contributed by atoms with Crippen LogP contribution in [0.1, 0.15) is 117 Å². The number of carbonyl (C=O) groups is 6. The summed E-state index contributed by atoms with van der Waals surface area (Å²) >= 11 is 0. The van der Waals surface area contributed by atoms with E-state index < -0.39 is 47.5 Å². The fourth-order valence-corrected chi connectivity index (χ4v) is 8.27. The van der Waals surface area contributed by atoms with Crippen molar-refractivity contribution in [1.29, 1.82) is 5.26 Å². The second-order valence-corrected chi connectivity index (χ2v) is 16.9. The van der Waals surface area contributed by atoms with Gasteiger partial charge in [-0.05, 0) is 79.1 Å². The average Bonchev–Trinajstić information content (AvgIpc) is 3.28. The summed E-state index contributed by atoms with van der Waals surface area (Å²) < 4.78 is 12.2. The van der Waals surface area contributed by atoms with Crippen molar-refractivity contribution < 1.29 is 38.2 Å². The van der Waals surface area contributed by atoms with Gasteiger partial charge in [-0.3, -0.25) is 24.0 Å². The maximum absolute atomic E-state index is 14.9. The van der Waals surface area contributed by atoms with E-state index in [0.717, 1.165) is 30.4 Å². The minimum Gasteiger partial charge on any atom is -0.492 e. The molecule has 0 radical (unpaired) electrons. The van der Waals surface area contributed by atoms with Crippen LogP contribution in [0.3, 0.4) is 0 Å². The summed E-state index contributed by atoms with van der Waals surface area (Å²) in [4.78, 5) is 84.1. The van der Waals surface area contributed by atoms with E-state index in [2.05, 4.69) is 17.6 Å². The first-order valence-electron chi connectivity index (χ1n) is 22.8. The predicted molar refractivity (Wildman–Crippen MR) is 249 cm³/mol. The maximum Gasteiger partial charge on any atom is 0.312 e. The second-order valence-electron chi connectivity index (χ2n) is 16.9. The number of nitrogens with zero attached hydrogens (tertiary/aromatic N) is 2. The minimum absolute atomic E-state index is 0.00781. The molecule has 4 bridgehead atoms. The zero-order valence-electron chi connectivity index (χ0n) is 38.4. The molecule has 350 valence electrons.